The molecule has 96 valence electrons. The van der Waals surface area contributed by atoms with Gasteiger partial charge in [0, 0.05) is 23.6 Å². The highest BCUT2D eigenvalue weighted by atomic mass is 32.1. The molecule has 0 atom stereocenters. The van der Waals surface area contributed by atoms with E-state index in [0.29, 0.717) is 5.92 Å². The van der Waals surface area contributed by atoms with Crippen molar-refractivity contribution >= 4 is 22.5 Å². The van der Waals surface area contributed by atoms with Crippen LogP contribution in [0.15, 0.2) is 18.2 Å². The quantitative estimate of drug-likeness (QED) is 0.891. The van der Waals surface area contributed by atoms with Crippen molar-refractivity contribution in [2.75, 3.05) is 5.32 Å². The van der Waals surface area contributed by atoms with E-state index in [1.165, 1.54) is 11.5 Å². The van der Waals surface area contributed by atoms with Gasteiger partial charge in [-0.2, -0.15) is 4.37 Å². The Kier molecular flexibility index (Phi) is 4.25. The van der Waals surface area contributed by atoms with Gasteiger partial charge in [-0.1, -0.05) is 26.8 Å². The van der Waals surface area contributed by atoms with E-state index in [0.717, 1.165) is 35.3 Å². The lowest BCUT2D eigenvalue weighted by atomic mass is 10.1. The molecule has 0 saturated carbocycles. The van der Waals surface area contributed by atoms with Gasteiger partial charge in [-0.25, -0.2) is 9.97 Å². The van der Waals surface area contributed by atoms with Crippen molar-refractivity contribution in [2.45, 2.75) is 39.5 Å². The van der Waals surface area contributed by atoms with Crippen LogP contribution in [0, 0.1) is 0 Å². The van der Waals surface area contributed by atoms with Crippen molar-refractivity contribution in [1.29, 1.82) is 0 Å². The van der Waals surface area contributed by atoms with Crippen LogP contribution < -0.4 is 5.32 Å². The van der Waals surface area contributed by atoms with E-state index in [1.807, 2.05) is 18.2 Å². The molecule has 0 aliphatic carbocycles. The van der Waals surface area contributed by atoms with Crippen LogP contribution in [0.1, 0.15) is 44.6 Å². The van der Waals surface area contributed by atoms with Crippen LogP contribution in [-0.4, -0.2) is 14.3 Å². The topological polar surface area (TPSA) is 50.7 Å². The number of hydrogen-bond acceptors (Lipinski definition) is 5. The van der Waals surface area contributed by atoms with Gasteiger partial charge in [0.1, 0.15) is 11.6 Å². The Morgan fingerprint density at radius 2 is 2.11 bits per heavy atom. The van der Waals surface area contributed by atoms with Crippen molar-refractivity contribution in [1.82, 2.24) is 14.3 Å². The van der Waals surface area contributed by atoms with Crippen LogP contribution >= 0.6 is 11.5 Å². The van der Waals surface area contributed by atoms with E-state index >= 15 is 0 Å². The Hall–Kier alpha value is -1.49. The number of aromatic nitrogens is 3. The molecule has 0 aliphatic heterocycles. The molecule has 0 aliphatic rings. The molecule has 0 unspecified atom stereocenters. The Labute approximate surface area is 112 Å². The molecule has 0 saturated heterocycles. The van der Waals surface area contributed by atoms with E-state index in [2.05, 4.69) is 40.4 Å². The normalized spacial score (nSPS) is 10.9. The lowest BCUT2D eigenvalue weighted by Crippen LogP contribution is -1.98. The van der Waals surface area contributed by atoms with Crippen molar-refractivity contribution in [3.8, 4) is 0 Å². The summed E-state index contributed by atoms with van der Waals surface area (Å²) in [5.41, 5.74) is 1.08. The predicted molar refractivity (Wildman–Crippen MR) is 75.5 cm³/mol. The highest BCUT2D eigenvalue weighted by Crippen LogP contribution is 2.19. The average Bonchev–Trinajstić information content (AvgIpc) is 2.77. The highest BCUT2D eigenvalue weighted by Gasteiger charge is 2.06. The predicted octanol–water partition coefficient (Wildman–Crippen LogP) is 3.75. The van der Waals surface area contributed by atoms with Gasteiger partial charge in [-0.05, 0) is 24.5 Å². The molecule has 2 aromatic rings. The monoisotopic (exact) mass is 262 g/mol. The molecule has 0 bridgehead atoms. The maximum absolute atomic E-state index is 4.55. The van der Waals surface area contributed by atoms with Gasteiger partial charge in [0.05, 0.1) is 0 Å². The minimum Gasteiger partial charge on any atom is -0.315 e. The fourth-order valence-corrected chi connectivity index (χ4v) is 2.20. The van der Waals surface area contributed by atoms with Crippen molar-refractivity contribution in [3.63, 3.8) is 0 Å². The molecule has 0 spiro atoms. The van der Waals surface area contributed by atoms with E-state index in [4.69, 9.17) is 0 Å². The van der Waals surface area contributed by atoms with E-state index in [-0.39, 0.29) is 0 Å². The summed E-state index contributed by atoms with van der Waals surface area (Å²) in [6.45, 7) is 6.40. The second-order valence-electron chi connectivity index (χ2n) is 4.49. The van der Waals surface area contributed by atoms with Gasteiger partial charge in [-0.3, -0.25) is 0 Å². The lowest BCUT2D eigenvalue weighted by molar-refractivity contribution is 0.824. The van der Waals surface area contributed by atoms with Gasteiger partial charge in [0.25, 0.3) is 0 Å². The van der Waals surface area contributed by atoms with E-state index in [1.54, 1.807) is 0 Å². The van der Waals surface area contributed by atoms with Crippen molar-refractivity contribution < 1.29 is 0 Å². The van der Waals surface area contributed by atoms with Gasteiger partial charge in [-0.15, -0.1) is 0 Å². The van der Waals surface area contributed by atoms with Crippen LogP contribution in [0.3, 0.4) is 0 Å². The van der Waals surface area contributed by atoms with Gasteiger partial charge in [0.2, 0.25) is 5.13 Å². The van der Waals surface area contributed by atoms with Crippen LogP contribution in [-0.2, 0) is 6.42 Å². The third kappa shape index (κ3) is 3.26. The highest BCUT2D eigenvalue weighted by molar-refractivity contribution is 7.09. The molecule has 2 heterocycles. The van der Waals surface area contributed by atoms with Crippen LogP contribution in [0.2, 0.25) is 0 Å². The lowest BCUT2D eigenvalue weighted by Gasteiger charge is -2.06. The molecule has 0 fully saturated rings. The average molecular weight is 262 g/mol. The SMILES string of the molecule is CCCc1nsc(Nc2cccc(C(C)C)n2)n1. The summed E-state index contributed by atoms with van der Waals surface area (Å²) in [5.74, 6) is 2.17. The number of aryl methyl sites for hydroxylation is 1. The standard InChI is InChI=1S/C13H18N4S/c1-4-6-12-16-13(18-17-12)15-11-8-5-7-10(14-11)9(2)3/h5,7-9H,4,6H2,1-3H3,(H,14,15,16,17). The molecule has 0 radical (unpaired) electrons. The second kappa shape index (κ2) is 5.91. The molecule has 18 heavy (non-hydrogen) atoms. The Morgan fingerprint density at radius 1 is 1.28 bits per heavy atom. The third-order valence-corrected chi connectivity index (χ3v) is 3.21. The Bertz CT molecular complexity index is 507. The first-order valence-electron chi connectivity index (χ1n) is 6.25. The number of nitrogens with zero attached hydrogens (tertiary/aromatic N) is 3. The zero-order valence-electron chi connectivity index (χ0n) is 11.0. The van der Waals surface area contributed by atoms with Gasteiger partial charge in [0.15, 0.2) is 0 Å². The number of rotatable bonds is 5. The van der Waals surface area contributed by atoms with Gasteiger partial charge < -0.3 is 5.32 Å². The first-order chi connectivity index (χ1) is 8.69. The summed E-state index contributed by atoms with van der Waals surface area (Å²) in [4.78, 5) is 8.98. The Balaban J connectivity index is 2.10. The second-order valence-corrected chi connectivity index (χ2v) is 5.24. The molecule has 4 nitrogen and oxygen atoms in total. The molecule has 2 aromatic heterocycles. The fourth-order valence-electron chi connectivity index (χ4n) is 1.58. The van der Waals surface area contributed by atoms with E-state index in [9.17, 15) is 0 Å². The maximum Gasteiger partial charge on any atom is 0.208 e. The number of hydrogen-bond donors (Lipinski definition) is 1. The zero-order valence-corrected chi connectivity index (χ0v) is 11.8. The third-order valence-electron chi connectivity index (χ3n) is 2.54. The molecule has 1 N–H and O–H groups in total. The van der Waals surface area contributed by atoms with Crippen LogP contribution in [0.4, 0.5) is 10.9 Å². The minimum atomic E-state index is 0.428. The number of anilines is 2. The molecule has 5 heteroatoms. The fraction of sp³-hybridized carbons (Fsp3) is 0.462. The molecule has 0 amide bonds. The largest absolute Gasteiger partial charge is 0.315 e. The molecule has 0 aromatic carbocycles. The van der Waals surface area contributed by atoms with Crippen molar-refractivity contribution in [2.24, 2.45) is 0 Å². The first-order valence-corrected chi connectivity index (χ1v) is 7.03. The minimum absolute atomic E-state index is 0.428. The summed E-state index contributed by atoms with van der Waals surface area (Å²) in [7, 11) is 0. The first kappa shape index (κ1) is 13.0. The summed E-state index contributed by atoms with van der Waals surface area (Å²) < 4.78 is 4.30. The van der Waals surface area contributed by atoms with Crippen LogP contribution in [0.25, 0.3) is 0 Å². The summed E-state index contributed by atoms with van der Waals surface area (Å²) >= 11 is 1.39. The number of pyridine rings is 1. The summed E-state index contributed by atoms with van der Waals surface area (Å²) in [5, 5.41) is 4.02. The summed E-state index contributed by atoms with van der Waals surface area (Å²) in [6.07, 6.45) is 1.99. The van der Waals surface area contributed by atoms with E-state index < -0.39 is 0 Å². The van der Waals surface area contributed by atoms with Crippen molar-refractivity contribution in [3.05, 3.63) is 29.7 Å². The Morgan fingerprint density at radius 3 is 2.83 bits per heavy atom. The smallest absolute Gasteiger partial charge is 0.208 e. The van der Waals surface area contributed by atoms with Gasteiger partial charge >= 0.3 is 0 Å². The molecular formula is C13H18N4S. The van der Waals surface area contributed by atoms with Crippen LogP contribution in [0.5, 0.6) is 0 Å². The number of nitrogens with one attached hydrogen (secondary N) is 1. The summed E-state index contributed by atoms with van der Waals surface area (Å²) in [6, 6.07) is 6.00. The molecule has 2 rings (SSSR count). The molecular weight excluding hydrogens is 244 g/mol. The zero-order chi connectivity index (χ0) is 13.0. The maximum atomic E-state index is 4.55.